The van der Waals surface area contributed by atoms with E-state index in [1.54, 1.807) is 36.4 Å². The molecule has 2 aromatic rings. The van der Waals surface area contributed by atoms with Crippen LogP contribution in [0.3, 0.4) is 0 Å². The molecule has 0 aliphatic heterocycles. The van der Waals surface area contributed by atoms with Gasteiger partial charge in [-0.1, -0.05) is 28.1 Å². The molecule has 0 aliphatic rings. The summed E-state index contributed by atoms with van der Waals surface area (Å²) >= 11 is 3.46. The predicted octanol–water partition coefficient (Wildman–Crippen LogP) is 3.59. The highest BCUT2D eigenvalue weighted by atomic mass is 79.9. The van der Waals surface area contributed by atoms with Crippen LogP contribution in [-0.2, 0) is 15.8 Å². The second kappa shape index (κ2) is 6.07. The lowest BCUT2D eigenvalue weighted by molar-refractivity contribution is 0.600. The minimum atomic E-state index is -3.47. The number of halogens is 1. The number of nitrogens with two attached hydrogens (primary N) is 1. The van der Waals surface area contributed by atoms with Crippen LogP contribution >= 0.6 is 15.9 Å². The zero-order chi connectivity index (χ0) is 15.6. The molecule has 0 fully saturated rings. The summed E-state index contributed by atoms with van der Waals surface area (Å²) in [7, 11) is -3.47. The molecular weight excluding hydrogens is 352 g/mol. The van der Waals surface area contributed by atoms with E-state index in [4.69, 9.17) is 5.73 Å². The molecule has 2 rings (SSSR count). The molecule has 112 valence electrons. The van der Waals surface area contributed by atoms with Crippen molar-refractivity contribution in [1.29, 1.82) is 0 Å². The summed E-state index contributed by atoms with van der Waals surface area (Å²) in [5, 5.41) is 0. The first-order valence-electron chi connectivity index (χ1n) is 6.38. The molecule has 6 heteroatoms. The van der Waals surface area contributed by atoms with E-state index < -0.39 is 10.0 Å². The van der Waals surface area contributed by atoms with E-state index >= 15 is 0 Å². The van der Waals surface area contributed by atoms with Crippen LogP contribution in [0.4, 0.5) is 11.4 Å². The Morgan fingerprint density at radius 1 is 1.14 bits per heavy atom. The number of benzene rings is 2. The molecular formula is C15H17BrN2O2S. The van der Waals surface area contributed by atoms with Crippen molar-refractivity contribution in [3.63, 3.8) is 0 Å². The summed E-state index contributed by atoms with van der Waals surface area (Å²) in [6.07, 6.45) is 0. The lowest BCUT2D eigenvalue weighted by atomic mass is 10.1. The average molecular weight is 369 g/mol. The summed E-state index contributed by atoms with van der Waals surface area (Å²) in [6, 6.07) is 10.5. The average Bonchev–Trinajstić information content (AvgIpc) is 2.34. The van der Waals surface area contributed by atoms with E-state index in [-0.39, 0.29) is 5.75 Å². The molecule has 0 heterocycles. The van der Waals surface area contributed by atoms with Gasteiger partial charge in [0.1, 0.15) is 0 Å². The normalized spacial score (nSPS) is 11.4. The monoisotopic (exact) mass is 368 g/mol. The van der Waals surface area contributed by atoms with Crippen molar-refractivity contribution in [2.75, 3.05) is 10.5 Å². The van der Waals surface area contributed by atoms with Crippen LogP contribution < -0.4 is 10.5 Å². The minimum Gasteiger partial charge on any atom is -0.399 e. The number of nitrogen functional groups attached to an aromatic ring is 1. The fourth-order valence-electron chi connectivity index (χ4n) is 2.12. The Kier molecular flexibility index (Phi) is 4.58. The standard InChI is InChI=1S/C15H17BrN2O2S/c1-10-6-14(7-11(2)15(10)16)18-21(19,20)9-12-4-3-5-13(17)8-12/h3-8,18H,9,17H2,1-2H3. The summed E-state index contributed by atoms with van der Waals surface area (Å²) < 4.78 is 28.0. The summed E-state index contributed by atoms with van der Waals surface area (Å²) in [4.78, 5) is 0. The van der Waals surface area contributed by atoms with Crippen LogP contribution in [0.1, 0.15) is 16.7 Å². The van der Waals surface area contributed by atoms with Crippen molar-refractivity contribution in [2.45, 2.75) is 19.6 Å². The van der Waals surface area contributed by atoms with E-state index in [2.05, 4.69) is 20.7 Å². The summed E-state index contributed by atoms with van der Waals surface area (Å²) in [5.74, 6) is -0.105. The van der Waals surface area contributed by atoms with Gasteiger partial charge in [-0.3, -0.25) is 4.72 Å². The molecule has 4 nitrogen and oxygen atoms in total. The number of hydrogen-bond acceptors (Lipinski definition) is 3. The van der Waals surface area contributed by atoms with Gasteiger partial charge < -0.3 is 5.73 Å². The fourth-order valence-corrected chi connectivity index (χ4v) is 3.52. The van der Waals surface area contributed by atoms with Crippen molar-refractivity contribution in [3.8, 4) is 0 Å². The number of anilines is 2. The zero-order valence-corrected chi connectivity index (χ0v) is 14.3. The Morgan fingerprint density at radius 2 is 1.76 bits per heavy atom. The first-order chi connectivity index (χ1) is 9.77. The van der Waals surface area contributed by atoms with Gasteiger partial charge in [0.25, 0.3) is 0 Å². The Labute approximate surface area is 133 Å². The van der Waals surface area contributed by atoms with Crippen LogP contribution in [0.15, 0.2) is 40.9 Å². The van der Waals surface area contributed by atoms with Gasteiger partial charge in [-0.2, -0.15) is 0 Å². The molecule has 21 heavy (non-hydrogen) atoms. The van der Waals surface area contributed by atoms with Gasteiger partial charge in [0.05, 0.1) is 5.75 Å². The molecule has 0 aliphatic carbocycles. The van der Waals surface area contributed by atoms with Gasteiger partial charge in [-0.15, -0.1) is 0 Å². The molecule has 0 spiro atoms. The maximum Gasteiger partial charge on any atom is 0.236 e. The minimum absolute atomic E-state index is 0.105. The Hall–Kier alpha value is -1.53. The molecule has 0 aromatic heterocycles. The van der Waals surface area contributed by atoms with E-state index in [1.165, 1.54) is 0 Å². The molecule has 0 saturated carbocycles. The maximum atomic E-state index is 12.2. The lowest BCUT2D eigenvalue weighted by Crippen LogP contribution is -2.15. The van der Waals surface area contributed by atoms with Gasteiger partial charge >= 0.3 is 0 Å². The number of rotatable bonds is 4. The predicted molar refractivity (Wildman–Crippen MR) is 90.7 cm³/mol. The third-order valence-electron chi connectivity index (χ3n) is 3.02. The van der Waals surface area contributed by atoms with Gasteiger partial charge in [-0.25, -0.2) is 8.42 Å². The number of hydrogen-bond donors (Lipinski definition) is 2. The molecule has 0 atom stereocenters. The molecule has 0 radical (unpaired) electrons. The second-order valence-corrected chi connectivity index (χ2v) is 7.55. The SMILES string of the molecule is Cc1cc(NS(=O)(=O)Cc2cccc(N)c2)cc(C)c1Br. The molecule has 0 saturated heterocycles. The van der Waals surface area contributed by atoms with Gasteiger partial charge in [0, 0.05) is 15.8 Å². The molecule has 0 bridgehead atoms. The van der Waals surface area contributed by atoms with E-state index in [1.807, 2.05) is 13.8 Å². The van der Waals surface area contributed by atoms with E-state index in [0.29, 0.717) is 16.9 Å². The molecule has 2 aromatic carbocycles. The van der Waals surface area contributed by atoms with Crippen molar-refractivity contribution >= 4 is 37.3 Å². The van der Waals surface area contributed by atoms with Crippen LogP contribution in [0, 0.1) is 13.8 Å². The topological polar surface area (TPSA) is 72.2 Å². The largest absolute Gasteiger partial charge is 0.399 e. The highest BCUT2D eigenvalue weighted by molar-refractivity contribution is 9.10. The molecule has 3 N–H and O–H groups in total. The second-order valence-electron chi connectivity index (χ2n) is 5.03. The van der Waals surface area contributed by atoms with Crippen LogP contribution in [0.5, 0.6) is 0 Å². The van der Waals surface area contributed by atoms with Gasteiger partial charge in [-0.05, 0) is 54.8 Å². The smallest absolute Gasteiger partial charge is 0.236 e. The third kappa shape index (κ3) is 4.22. The maximum absolute atomic E-state index is 12.2. The van der Waals surface area contributed by atoms with Crippen molar-refractivity contribution in [3.05, 3.63) is 57.6 Å². The van der Waals surface area contributed by atoms with E-state index in [0.717, 1.165) is 15.6 Å². The first-order valence-corrected chi connectivity index (χ1v) is 8.83. The molecule has 0 unspecified atom stereocenters. The molecule has 0 amide bonds. The summed E-state index contributed by atoms with van der Waals surface area (Å²) in [5.41, 5.74) is 9.41. The van der Waals surface area contributed by atoms with Crippen molar-refractivity contribution in [2.24, 2.45) is 0 Å². The van der Waals surface area contributed by atoms with Crippen LogP contribution in [-0.4, -0.2) is 8.42 Å². The van der Waals surface area contributed by atoms with Crippen molar-refractivity contribution < 1.29 is 8.42 Å². The Balaban J connectivity index is 2.22. The number of sulfonamides is 1. The van der Waals surface area contributed by atoms with Crippen LogP contribution in [0.2, 0.25) is 0 Å². The van der Waals surface area contributed by atoms with E-state index in [9.17, 15) is 8.42 Å². The first kappa shape index (κ1) is 15.9. The summed E-state index contributed by atoms with van der Waals surface area (Å²) in [6.45, 7) is 3.85. The number of nitrogens with one attached hydrogen (secondary N) is 1. The Bertz CT molecular complexity index is 750. The third-order valence-corrected chi connectivity index (χ3v) is 5.53. The zero-order valence-electron chi connectivity index (χ0n) is 11.9. The van der Waals surface area contributed by atoms with Crippen molar-refractivity contribution in [1.82, 2.24) is 0 Å². The fraction of sp³-hybridized carbons (Fsp3) is 0.200. The number of aryl methyl sites for hydroxylation is 2. The highest BCUT2D eigenvalue weighted by Gasteiger charge is 2.13. The Morgan fingerprint density at radius 3 is 2.33 bits per heavy atom. The quantitative estimate of drug-likeness (QED) is 0.809. The van der Waals surface area contributed by atoms with Gasteiger partial charge in [0.2, 0.25) is 10.0 Å². The van der Waals surface area contributed by atoms with Crippen LogP contribution in [0.25, 0.3) is 0 Å². The lowest BCUT2D eigenvalue weighted by Gasteiger charge is -2.11. The highest BCUT2D eigenvalue weighted by Crippen LogP contribution is 2.26. The van der Waals surface area contributed by atoms with Gasteiger partial charge in [0.15, 0.2) is 0 Å².